The second-order valence-electron chi connectivity index (χ2n) is 5.49. The number of para-hydroxylation sites is 1. The van der Waals surface area contributed by atoms with E-state index in [0.717, 1.165) is 6.42 Å². The predicted molar refractivity (Wildman–Crippen MR) is 85.5 cm³/mol. The molecule has 1 aliphatic heterocycles. The molecule has 0 bridgehead atoms. The van der Waals surface area contributed by atoms with E-state index in [2.05, 4.69) is 5.32 Å². The van der Waals surface area contributed by atoms with Crippen molar-refractivity contribution in [2.75, 3.05) is 11.9 Å². The van der Waals surface area contributed by atoms with Gasteiger partial charge in [-0.2, -0.15) is 0 Å². The summed E-state index contributed by atoms with van der Waals surface area (Å²) in [6.07, 6.45) is 1.31. The van der Waals surface area contributed by atoms with Crippen LogP contribution in [0, 0.1) is 5.82 Å². The first-order valence-corrected chi connectivity index (χ1v) is 7.58. The molecule has 1 aliphatic rings. The molecule has 1 saturated heterocycles. The Morgan fingerprint density at radius 1 is 1.04 bits per heavy atom. The van der Waals surface area contributed by atoms with Gasteiger partial charge in [-0.15, -0.1) is 0 Å². The molecule has 1 heterocycles. The highest BCUT2D eigenvalue weighted by atomic mass is 19.1. The Labute approximate surface area is 133 Å². The second kappa shape index (κ2) is 6.60. The van der Waals surface area contributed by atoms with Crippen molar-refractivity contribution in [2.45, 2.75) is 18.9 Å². The van der Waals surface area contributed by atoms with Gasteiger partial charge < -0.3 is 10.2 Å². The molecule has 0 aromatic heterocycles. The molecule has 3 rings (SSSR count). The van der Waals surface area contributed by atoms with Crippen LogP contribution in [0.15, 0.2) is 54.6 Å². The van der Waals surface area contributed by atoms with Gasteiger partial charge in [0.25, 0.3) is 5.91 Å². The molecule has 0 aliphatic carbocycles. The Hall–Kier alpha value is -2.69. The van der Waals surface area contributed by atoms with E-state index in [4.69, 9.17) is 0 Å². The van der Waals surface area contributed by atoms with E-state index >= 15 is 0 Å². The maximum Gasteiger partial charge on any atom is 0.257 e. The summed E-state index contributed by atoms with van der Waals surface area (Å²) in [4.78, 5) is 26.4. The van der Waals surface area contributed by atoms with E-state index in [0.29, 0.717) is 18.7 Å². The van der Waals surface area contributed by atoms with Crippen LogP contribution < -0.4 is 5.32 Å². The molecule has 0 spiro atoms. The van der Waals surface area contributed by atoms with Crippen molar-refractivity contribution in [3.8, 4) is 0 Å². The van der Waals surface area contributed by atoms with Crippen LogP contribution >= 0.6 is 0 Å². The number of anilines is 1. The third kappa shape index (κ3) is 3.23. The molecule has 1 atom stereocenters. The molecular formula is C18H17FN2O2. The molecule has 0 radical (unpaired) electrons. The fourth-order valence-electron chi connectivity index (χ4n) is 2.82. The first-order valence-electron chi connectivity index (χ1n) is 7.58. The maximum atomic E-state index is 13.8. The first kappa shape index (κ1) is 15.2. The van der Waals surface area contributed by atoms with Crippen molar-refractivity contribution < 1.29 is 14.0 Å². The average Bonchev–Trinajstić information content (AvgIpc) is 3.05. The Bertz CT molecular complexity index is 718. The van der Waals surface area contributed by atoms with Gasteiger partial charge in [-0.1, -0.05) is 30.3 Å². The summed E-state index contributed by atoms with van der Waals surface area (Å²) in [5, 5.41) is 2.81. The lowest BCUT2D eigenvalue weighted by Gasteiger charge is -2.24. The van der Waals surface area contributed by atoms with E-state index in [1.165, 1.54) is 23.1 Å². The van der Waals surface area contributed by atoms with Crippen LogP contribution in [0.1, 0.15) is 23.2 Å². The number of nitrogens with zero attached hydrogens (tertiary/aromatic N) is 1. The van der Waals surface area contributed by atoms with Crippen LogP contribution in [0.4, 0.5) is 10.1 Å². The molecule has 0 unspecified atom stereocenters. The van der Waals surface area contributed by atoms with Gasteiger partial charge in [0.05, 0.1) is 5.56 Å². The molecule has 1 N–H and O–H groups in total. The largest absolute Gasteiger partial charge is 0.327 e. The van der Waals surface area contributed by atoms with Gasteiger partial charge in [-0.25, -0.2) is 4.39 Å². The molecule has 2 aromatic rings. The molecule has 0 saturated carbocycles. The number of carbonyl (C=O) groups is 2. The fraction of sp³-hybridized carbons (Fsp3) is 0.222. The lowest BCUT2D eigenvalue weighted by Crippen LogP contribution is -2.43. The zero-order valence-electron chi connectivity index (χ0n) is 12.5. The van der Waals surface area contributed by atoms with Crippen LogP contribution in [0.5, 0.6) is 0 Å². The number of carbonyl (C=O) groups excluding carboxylic acids is 2. The summed E-state index contributed by atoms with van der Waals surface area (Å²) in [6, 6.07) is 14.4. The number of amides is 2. The smallest absolute Gasteiger partial charge is 0.257 e. The van der Waals surface area contributed by atoms with Crippen molar-refractivity contribution in [1.29, 1.82) is 0 Å². The lowest BCUT2D eigenvalue weighted by molar-refractivity contribution is -0.119. The van der Waals surface area contributed by atoms with Gasteiger partial charge in [0.2, 0.25) is 5.91 Å². The van der Waals surface area contributed by atoms with E-state index in [-0.39, 0.29) is 11.5 Å². The minimum absolute atomic E-state index is 0.00640. The molecule has 23 heavy (non-hydrogen) atoms. The van der Waals surface area contributed by atoms with Crippen LogP contribution in [-0.4, -0.2) is 29.3 Å². The van der Waals surface area contributed by atoms with Crippen molar-refractivity contribution in [3.05, 3.63) is 66.0 Å². The molecule has 2 amide bonds. The normalized spacial score (nSPS) is 17.1. The monoisotopic (exact) mass is 312 g/mol. The highest BCUT2D eigenvalue weighted by Crippen LogP contribution is 2.22. The van der Waals surface area contributed by atoms with Crippen LogP contribution in [0.3, 0.4) is 0 Å². The van der Waals surface area contributed by atoms with Gasteiger partial charge in [-0.3, -0.25) is 9.59 Å². The molecule has 4 nitrogen and oxygen atoms in total. The number of halogens is 1. The van der Waals surface area contributed by atoms with Crippen LogP contribution in [0.2, 0.25) is 0 Å². The SMILES string of the molecule is O=C(Nc1ccccc1)[C@@H]1CCCN1C(=O)c1ccccc1F. The third-order valence-electron chi connectivity index (χ3n) is 3.96. The number of hydrogen-bond donors (Lipinski definition) is 1. The highest BCUT2D eigenvalue weighted by Gasteiger charge is 2.35. The van der Waals surface area contributed by atoms with Gasteiger partial charge >= 0.3 is 0 Å². The zero-order valence-corrected chi connectivity index (χ0v) is 12.5. The van der Waals surface area contributed by atoms with Crippen molar-refractivity contribution in [1.82, 2.24) is 4.90 Å². The molecular weight excluding hydrogens is 295 g/mol. The summed E-state index contributed by atoms with van der Waals surface area (Å²) >= 11 is 0. The summed E-state index contributed by atoms with van der Waals surface area (Å²) in [6.45, 7) is 0.458. The Balaban J connectivity index is 1.76. The minimum Gasteiger partial charge on any atom is -0.327 e. The van der Waals surface area contributed by atoms with E-state index < -0.39 is 17.8 Å². The summed E-state index contributed by atoms with van der Waals surface area (Å²) in [5.74, 6) is -1.24. The Morgan fingerprint density at radius 3 is 2.48 bits per heavy atom. The maximum absolute atomic E-state index is 13.8. The lowest BCUT2D eigenvalue weighted by atomic mass is 10.1. The number of benzene rings is 2. The fourth-order valence-corrected chi connectivity index (χ4v) is 2.82. The van der Waals surface area contributed by atoms with Crippen molar-refractivity contribution in [2.24, 2.45) is 0 Å². The van der Waals surface area contributed by atoms with E-state index in [1.54, 1.807) is 18.2 Å². The minimum atomic E-state index is -0.567. The Morgan fingerprint density at radius 2 is 1.74 bits per heavy atom. The number of rotatable bonds is 3. The quantitative estimate of drug-likeness (QED) is 0.947. The predicted octanol–water partition coefficient (Wildman–Crippen LogP) is 3.07. The first-order chi connectivity index (χ1) is 11.2. The highest BCUT2D eigenvalue weighted by molar-refractivity contribution is 6.01. The van der Waals surface area contributed by atoms with Crippen molar-refractivity contribution in [3.63, 3.8) is 0 Å². The van der Waals surface area contributed by atoms with Gasteiger partial charge in [-0.05, 0) is 37.1 Å². The van der Waals surface area contributed by atoms with Crippen molar-refractivity contribution >= 4 is 17.5 Å². The third-order valence-corrected chi connectivity index (χ3v) is 3.96. The molecule has 118 valence electrons. The number of likely N-dealkylation sites (tertiary alicyclic amines) is 1. The molecule has 1 fully saturated rings. The van der Waals surface area contributed by atoms with Gasteiger partial charge in [0.1, 0.15) is 11.9 Å². The van der Waals surface area contributed by atoms with Crippen LogP contribution in [-0.2, 0) is 4.79 Å². The molecule has 5 heteroatoms. The molecule has 2 aromatic carbocycles. The zero-order chi connectivity index (χ0) is 16.2. The summed E-state index contributed by atoms with van der Waals surface area (Å²) < 4.78 is 13.8. The van der Waals surface area contributed by atoms with E-state index in [1.807, 2.05) is 18.2 Å². The van der Waals surface area contributed by atoms with Crippen LogP contribution in [0.25, 0.3) is 0 Å². The number of nitrogens with one attached hydrogen (secondary N) is 1. The standard InChI is InChI=1S/C18H17FN2O2/c19-15-10-5-4-9-14(15)18(23)21-12-6-11-16(21)17(22)20-13-7-2-1-3-8-13/h1-5,7-10,16H,6,11-12H2,(H,20,22)/t16-/m0/s1. The van der Waals surface area contributed by atoms with Gasteiger partial charge in [0.15, 0.2) is 0 Å². The summed E-state index contributed by atoms with van der Waals surface area (Å²) in [7, 11) is 0. The number of hydrogen-bond acceptors (Lipinski definition) is 2. The second-order valence-corrected chi connectivity index (χ2v) is 5.49. The topological polar surface area (TPSA) is 49.4 Å². The Kier molecular flexibility index (Phi) is 4.37. The van der Waals surface area contributed by atoms with E-state index in [9.17, 15) is 14.0 Å². The average molecular weight is 312 g/mol. The summed E-state index contributed by atoms with van der Waals surface area (Å²) in [5.41, 5.74) is 0.689. The van der Waals surface area contributed by atoms with Gasteiger partial charge in [0, 0.05) is 12.2 Å².